The van der Waals surface area contributed by atoms with Crippen LogP contribution in [0.15, 0.2) is 225 Å². The molecule has 0 N–H and O–H groups in total. The fourth-order valence-corrected chi connectivity index (χ4v) is 10.5. The quantitative estimate of drug-likeness (QED) is 0.124. The average Bonchev–Trinajstić information content (AvgIpc) is 3.71. The Morgan fingerprint density at radius 3 is 1.82 bits per heavy atom. The Labute approximate surface area is 376 Å². The Morgan fingerprint density at radius 1 is 0.446 bits per heavy atom. The number of para-hydroxylation sites is 1. The first-order chi connectivity index (χ1) is 32.2. The minimum atomic E-state index is -0.0423. The van der Waals surface area contributed by atoms with Crippen molar-refractivity contribution in [2.24, 2.45) is 0 Å². The maximum absolute atomic E-state index is 5.49. The molecule has 1 aliphatic rings. The van der Waals surface area contributed by atoms with E-state index in [-0.39, 0.29) is 5.92 Å². The molecule has 0 saturated carbocycles. The Bertz CT molecular complexity index is 3860. The van der Waals surface area contributed by atoms with Gasteiger partial charge in [-0.25, -0.2) is 9.97 Å². The lowest BCUT2D eigenvalue weighted by atomic mass is 9.81. The van der Waals surface area contributed by atoms with E-state index in [0.29, 0.717) is 0 Å². The molecule has 0 amide bonds. The molecule has 3 heterocycles. The molecule has 65 heavy (non-hydrogen) atoms. The van der Waals surface area contributed by atoms with E-state index in [0.717, 1.165) is 56.9 Å². The highest BCUT2D eigenvalue weighted by Gasteiger charge is 2.25. The van der Waals surface area contributed by atoms with Gasteiger partial charge in [-0.3, -0.25) is 4.98 Å². The van der Waals surface area contributed by atoms with E-state index in [1.54, 1.807) is 0 Å². The second kappa shape index (κ2) is 15.1. The summed E-state index contributed by atoms with van der Waals surface area (Å²) in [5.41, 5.74) is 12.4. The number of allylic oxidation sites excluding steroid dienone is 4. The van der Waals surface area contributed by atoms with Crippen molar-refractivity contribution in [2.45, 2.75) is 12.3 Å². The molecule has 1 atom stereocenters. The highest BCUT2D eigenvalue weighted by molar-refractivity contribution is 6.20. The van der Waals surface area contributed by atoms with Gasteiger partial charge in [0.2, 0.25) is 0 Å². The van der Waals surface area contributed by atoms with Crippen LogP contribution in [0, 0.1) is 0 Å². The van der Waals surface area contributed by atoms with Gasteiger partial charge in [0, 0.05) is 45.9 Å². The number of rotatable bonds is 6. The second-order valence-electron chi connectivity index (χ2n) is 17.1. The summed E-state index contributed by atoms with van der Waals surface area (Å²) < 4.78 is 2.35. The van der Waals surface area contributed by atoms with Gasteiger partial charge in [-0.05, 0) is 114 Å². The number of hydrogen-bond acceptors (Lipinski definition) is 3. The minimum Gasteiger partial charge on any atom is -0.309 e. The van der Waals surface area contributed by atoms with Crippen LogP contribution in [-0.2, 0) is 0 Å². The molecule has 13 rings (SSSR count). The lowest BCUT2D eigenvalue weighted by molar-refractivity contribution is 0.786. The summed E-state index contributed by atoms with van der Waals surface area (Å²) in [6.45, 7) is 0. The first-order valence-electron chi connectivity index (χ1n) is 22.4. The van der Waals surface area contributed by atoms with Gasteiger partial charge in [0.05, 0.1) is 22.4 Å². The van der Waals surface area contributed by atoms with Crippen LogP contribution in [0.5, 0.6) is 0 Å². The van der Waals surface area contributed by atoms with Gasteiger partial charge >= 0.3 is 0 Å². The fraction of sp³-hybridized carbons (Fsp3) is 0.0328. The molecule has 4 heteroatoms. The molecular weight excluding hydrogens is 789 g/mol. The van der Waals surface area contributed by atoms with Crippen molar-refractivity contribution in [3.63, 3.8) is 0 Å². The first kappa shape index (κ1) is 37.1. The van der Waals surface area contributed by atoms with Gasteiger partial charge in [-0.2, -0.15) is 0 Å². The highest BCUT2D eigenvalue weighted by atomic mass is 15.0. The van der Waals surface area contributed by atoms with Crippen molar-refractivity contribution in [2.75, 3.05) is 0 Å². The van der Waals surface area contributed by atoms with E-state index >= 15 is 0 Å². The minimum absolute atomic E-state index is 0.0423. The van der Waals surface area contributed by atoms with E-state index in [1.165, 1.54) is 70.7 Å². The smallest absolute Gasteiger partial charge is 0.136 e. The van der Waals surface area contributed by atoms with Crippen LogP contribution in [0.1, 0.15) is 23.7 Å². The van der Waals surface area contributed by atoms with Gasteiger partial charge in [-0.1, -0.05) is 170 Å². The summed E-state index contributed by atoms with van der Waals surface area (Å²) in [4.78, 5) is 15.5. The van der Waals surface area contributed by atoms with Crippen LogP contribution in [0.4, 0.5) is 0 Å². The third-order valence-electron chi connectivity index (χ3n) is 13.4. The summed E-state index contributed by atoms with van der Waals surface area (Å²) >= 11 is 0. The monoisotopic (exact) mass is 828 g/mol. The molecule has 3 aromatic heterocycles. The number of benzene rings is 9. The molecule has 9 aromatic carbocycles. The van der Waals surface area contributed by atoms with Crippen LogP contribution in [0.25, 0.3) is 110 Å². The van der Waals surface area contributed by atoms with E-state index in [1.807, 2.05) is 12.4 Å². The zero-order chi connectivity index (χ0) is 42.8. The largest absolute Gasteiger partial charge is 0.309 e. The topological polar surface area (TPSA) is 43.6 Å². The molecule has 12 aromatic rings. The average molecular weight is 829 g/mol. The standard InChI is InChI=1S/C61H40N4/c1-3-16-39(17-4-1)55-37-56(52-35-40-18-7-8-23-45(40)46-24-9-10-25-47(46)52)64-61(63-55)43-20-15-19-41(34-43)59-48-26-11-13-28-50(48)60(51-29-14-12-27-49(51)59)42-30-31-57-53(36-42)54-38-62-33-32-58(54)65(57)44-21-5-2-6-22-44/h1-33,35-38,43H,34H2. The van der Waals surface area contributed by atoms with Crippen molar-refractivity contribution < 1.29 is 0 Å². The Morgan fingerprint density at radius 2 is 1.06 bits per heavy atom. The van der Waals surface area contributed by atoms with Crippen LogP contribution in [0.3, 0.4) is 0 Å². The first-order valence-corrected chi connectivity index (χ1v) is 22.4. The van der Waals surface area contributed by atoms with Crippen LogP contribution in [0.2, 0.25) is 0 Å². The molecule has 4 nitrogen and oxygen atoms in total. The van der Waals surface area contributed by atoms with Gasteiger partial charge in [-0.15, -0.1) is 0 Å². The van der Waals surface area contributed by atoms with Gasteiger partial charge in [0.15, 0.2) is 0 Å². The molecule has 0 fully saturated rings. The van der Waals surface area contributed by atoms with Gasteiger partial charge in [0.25, 0.3) is 0 Å². The zero-order valence-corrected chi connectivity index (χ0v) is 35.4. The Balaban J connectivity index is 0.962. The molecule has 304 valence electrons. The molecule has 0 spiro atoms. The van der Waals surface area contributed by atoms with Crippen LogP contribution in [-0.4, -0.2) is 19.5 Å². The fourth-order valence-electron chi connectivity index (χ4n) is 10.5. The molecule has 0 aliphatic heterocycles. The van der Waals surface area contributed by atoms with E-state index in [9.17, 15) is 0 Å². The normalized spacial score (nSPS) is 14.0. The number of aromatic nitrogens is 4. The number of pyridine rings is 1. The summed E-state index contributed by atoms with van der Waals surface area (Å²) in [6.07, 6.45) is 11.5. The third-order valence-corrected chi connectivity index (χ3v) is 13.4. The van der Waals surface area contributed by atoms with E-state index in [4.69, 9.17) is 9.97 Å². The third kappa shape index (κ3) is 6.10. The lowest BCUT2D eigenvalue weighted by Crippen LogP contribution is -2.08. The van der Waals surface area contributed by atoms with E-state index < -0.39 is 0 Å². The van der Waals surface area contributed by atoms with Crippen molar-refractivity contribution in [1.82, 2.24) is 19.5 Å². The maximum atomic E-state index is 5.49. The zero-order valence-electron chi connectivity index (χ0n) is 35.4. The predicted molar refractivity (Wildman–Crippen MR) is 271 cm³/mol. The van der Waals surface area contributed by atoms with Crippen LogP contribution < -0.4 is 0 Å². The molecule has 0 radical (unpaired) electrons. The highest BCUT2D eigenvalue weighted by Crippen LogP contribution is 2.46. The number of hydrogen-bond donors (Lipinski definition) is 0. The summed E-state index contributed by atoms with van der Waals surface area (Å²) in [7, 11) is 0. The van der Waals surface area contributed by atoms with Crippen molar-refractivity contribution in [3.05, 3.63) is 236 Å². The van der Waals surface area contributed by atoms with Crippen molar-refractivity contribution >= 4 is 70.5 Å². The van der Waals surface area contributed by atoms with Crippen LogP contribution >= 0.6 is 0 Å². The molecule has 0 saturated heterocycles. The number of fused-ring (bicyclic) bond motifs is 8. The van der Waals surface area contributed by atoms with Crippen molar-refractivity contribution in [3.8, 4) is 39.3 Å². The van der Waals surface area contributed by atoms with Gasteiger partial charge < -0.3 is 4.57 Å². The maximum Gasteiger partial charge on any atom is 0.136 e. The number of nitrogens with zero attached hydrogens (tertiary/aromatic N) is 4. The SMILES string of the molecule is C1=CC(c2nc(-c3ccccc3)cc(-c3cc4ccccc4c4ccccc34)n2)CC(c2c3ccccc3c(-c3ccc4c(c3)c3cnccc3n4-c3ccccc3)c3ccccc23)=C1. The predicted octanol–water partition coefficient (Wildman–Crippen LogP) is 15.7. The molecule has 0 bridgehead atoms. The molecule has 1 aliphatic carbocycles. The molecule has 1 unspecified atom stereocenters. The molecular formula is C61H40N4. The Hall–Kier alpha value is -8.47. The van der Waals surface area contributed by atoms with E-state index in [2.05, 4.69) is 222 Å². The second-order valence-corrected chi connectivity index (χ2v) is 17.1. The summed E-state index contributed by atoms with van der Waals surface area (Å²) in [5, 5.41) is 12.1. The lowest BCUT2D eigenvalue weighted by Gasteiger charge is -2.23. The summed E-state index contributed by atoms with van der Waals surface area (Å²) in [6, 6.07) is 69.9. The summed E-state index contributed by atoms with van der Waals surface area (Å²) in [5.74, 6) is 0.780. The van der Waals surface area contributed by atoms with Crippen molar-refractivity contribution in [1.29, 1.82) is 0 Å². The Kier molecular flexibility index (Phi) is 8.63. The van der Waals surface area contributed by atoms with Gasteiger partial charge in [0.1, 0.15) is 5.82 Å².